The number of carbonyl (C=O) groups excluding carboxylic acids is 1. The maximum atomic E-state index is 12.8. The van der Waals surface area contributed by atoms with Gasteiger partial charge in [-0.3, -0.25) is 4.79 Å². The van der Waals surface area contributed by atoms with Gasteiger partial charge in [-0.2, -0.15) is 0 Å². The molecular formula is C16H21BrO2. The van der Waals surface area contributed by atoms with Gasteiger partial charge in [-0.1, -0.05) is 35.2 Å². The van der Waals surface area contributed by atoms with Gasteiger partial charge in [-0.25, -0.2) is 0 Å². The average molecular weight is 325 g/mol. The van der Waals surface area contributed by atoms with Gasteiger partial charge < -0.3 is 4.74 Å². The van der Waals surface area contributed by atoms with E-state index >= 15 is 0 Å². The quantitative estimate of drug-likeness (QED) is 0.744. The molecule has 0 heterocycles. The Morgan fingerprint density at radius 3 is 2.47 bits per heavy atom. The Morgan fingerprint density at radius 1 is 1.26 bits per heavy atom. The van der Waals surface area contributed by atoms with E-state index < -0.39 is 0 Å². The standard InChI is InChI=1S/C16H21BrO2/c1-10-9-13(17)11(2)14(16(10)19-3)15(18)12-7-5-4-6-8-12/h9,12H,4-8H2,1-3H3. The van der Waals surface area contributed by atoms with Gasteiger partial charge in [-0.05, 0) is 43.9 Å². The summed E-state index contributed by atoms with van der Waals surface area (Å²) in [6, 6.07) is 2.02. The molecule has 0 atom stereocenters. The smallest absolute Gasteiger partial charge is 0.169 e. The summed E-state index contributed by atoms with van der Waals surface area (Å²) in [6.07, 6.45) is 5.65. The molecule has 1 aliphatic carbocycles. The summed E-state index contributed by atoms with van der Waals surface area (Å²) in [4.78, 5) is 12.8. The van der Waals surface area contributed by atoms with Gasteiger partial charge in [0.2, 0.25) is 0 Å². The van der Waals surface area contributed by atoms with Crippen molar-refractivity contribution in [3.05, 3.63) is 27.2 Å². The third-order valence-electron chi connectivity index (χ3n) is 4.09. The summed E-state index contributed by atoms with van der Waals surface area (Å²) in [5.74, 6) is 1.18. The topological polar surface area (TPSA) is 26.3 Å². The van der Waals surface area contributed by atoms with Crippen molar-refractivity contribution in [2.24, 2.45) is 5.92 Å². The van der Waals surface area contributed by atoms with Gasteiger partial charge in [0.1, 0.15) is 5.75 Å². The Morgan fingerprint density at radius 2 is 1.89 bits per heavy atom. The van der Waals surface area contributed by atoms with E-state index in [2.05, 4.69) is 15.9 Å². The van der Waals surface area contributed by atoms with Crippen LogP contribution in [0.2, 0.25) is 0 Å². The molecule has 104 valence electrons. The van der Waals surface area contributed by atoms with Gasteiger partial charge in [0.15, 0.2) is 5.78 Å². The van der Waals surface area contributed by atoms with Crippen LogP contribution in [0.25, 0.3) is 0 Å². The minimum Gasteiger partial charge on any atom is -0.496 e. The van der Waals surface area contributed by atoms with E-state index in [0.717, 1.165) is 39.8 Å². The highest BCUT2D eigenvalue weighted by Gasteiger charge is 2.27. The summed E-state index contributed by atoms with van der Waals surface area (Å²) in [5.41, 5.74) is 2.79. The second-order valence-corrected chi connectivity index (χ2v) is 6.26. The molecule has 1 aliphatic rings. The molecule has 19 heavy (non-hydrogen) atoms. The van der Waals surface area contributed by atoms with E-state index in [1.807, 2.05) is 19.9 Å². The summed E-state index contributed by atoms with van der Waals surface area (Å²) < 4.78 is 6.47. The maximum absolute atomic E-state index is 12.8. The number of ether oxygens (including phenoxy) is 1. The molecule has 0 unspecified atom stereocenters. The van der Waals surface area contributed by atoms with Gasteiger partial charge >= 0.3 is 0 Å². The fourth-order valence-electron chi connectivity index (χ4n) is 2.98. The Balaban J connectivity index is 2.44. The van der Waals surface area contributed by atoms with Crippen molar-refractivity contribution < 1.29 is 9.53 Å². The molecule has 1 saturated carbocycles. The number of hydrogen-bond donors (Lipinski definition) is 0. The highest BCUT2D eigenvalue weighted by Crippen LogP contribution is 2.36. The summed E-state index contributed by atoms with van der Waals surface area (Å²) in [5, 5.41) is 0. The monoisotopic (exact) mass is 324 g/mol. The largest absolute Gasteiger partial charge is 0.496 e. The summed E-state index contributed by atoms with van der Waals surface area (Å²) >= 11 is 3.54. The zero-order valence-corrected chi connectivity index (χ0v) is 13.5. The molecule has 0 N–H and O–H groups in total. The lowest BCUT2D eigenvalue weighted by molar-refractivity contribution is 0.0885. The second-order valence-electron chi connectivity index (χ2n) is 5.41. The van der Waals surface area contributed by atoms with Crippen molar-refractivity contribution in [3.63, 3.8) is 0 Å². The minimum absolute atomic E-state index is 0.176. The van der Waals surface area contributed by atoms with Crippen molar-refractivity contribution in [2.45, 2.75) is 46.0 Å². The van der Waals surface area contributed by atoms with E-state index in [0.29, 0.717) is 0 Å². The molecule has 0 radical (unpaired) electrons. The first-order valence-corrected chi connectivity index (χ1v) is 7.73. The molecule has 1 aromatic carbocycles. The zero-order chi connectivity index (χ0) is 14.0. The first-order valence-electron chi connectivity index (χ1n) is 6.94. The molecule has 0 bridgehead atoms. The second kappa shape index (κ2) is 6.08. The van der Waals surface area contributed by atoms with Crippen LogP contribution in [0.4, 0.5) is 0 Å². The lowest BCUT2D eigenvalue weighted by Gasteiger charge is -2.23. The molecule has 0 amide bonds. The van der Waals surface area contributed by atoms with Crippen LogP contribution in [-0.2, 0) is 0 Å². The number of hydrogen-bond acceptors (Lipinski definition) is 2. The predicted molar refractivity (Wildman–Crippen MR) is 81.1 cm³/mol. The average Bonchev–Trinajstić information content (AvgIpc) is 2.42. The molecule has 0 saturated heterocycles. The number of halogens is 1. The fraction of sp³-hybridized carbons (Fsp3) is 0.562. The summed E-state index contributed by atoms with van der Waals surface area (Å²) in [6.45, 7) is 3.97. The molecule has 1 fully saturated rings. The first-order chi connectivity index (χ1) is 9.06. The third kappa shape index (κ3) is 2.86. The summed E-state index contributed by atoms with van der Waals surface area (Å²) in [7, 11) is 1.65. The van der Waals surface area contributed by atoms with Crippen molar-refractivity contribution in [3.8, 4) is 5.75 Å². The van der Waals surface area contributed by atoms with Crippen LogP contribution in [0, 0.1) is 19.8 Å². The number of ketones is 1. The predicted octanol–water partition coefficient (Wildman–Crippen LogP) is 4.84. The molecule has 0 aliphatic heterocycles. The van der Waals surface area contributed by atoms with Crippen LogP contribution in [0.5, 0.6) is 5.75 Å². The number of benzene rings is 1. The van der Waals surface area contributed by atoms with Crippen LogP contribution in [-0.4, -0.2) is 12.9 Å². The van der Waals surface area contributed by atoms with Crippen LogP contribution in [0.15, 0.2) is 10.5 Å². The van der Waals surface area contributed by atoms with Gasteiger partial charge in [0.05, 0.1) is 12.7 Å². The molecular weight excluding hydrogens is 304 g/mol. The van der Waals surface area contributed by atoms with E-state index in [1.165, 1.54) is 19.3 Å². The highest BCUT2D eigenvalue weighted by molar-refractivity contribution is 9.10. The van der Waals surface area contributed by atoms with Gasteiger partial charge in [0.25, 0.3) is 0 Å². The van der Waals surface area contributed by atoms with Crippen molar-refractivity contribution >= 4 is 21.7 Å². The lowest BCUT2D eigenvalue weighted by atomic mass is 9.82. The normalized spacial score (nSPS) is 16.4. The Hall–Kier alpha value is -0.830. The van der Waals surface area contributed by atoms with Crippen LogP contribution in [0.3, 0.4) is 0 Å². The van der Waals surface area contributed by atoms with Crippen LogP contribution >= 0.6 is 15.9 Å². The lowest BCUT2D eigenvalue weighted by Crippen LogP contribution is -2.20. The Labute approximate surface area is 123 Å². The zero-order valence-electron chi connectivity index (χ0n) is 11.9. The first kappa shape index (κ1) is 14.6. The number of methoxy groups -OCH3 is 1. The van der Waals surface area contributed by atoms with Crippen molar-refractivity contribution in [1.82, 2.24) is 0 Å². The number of rotatable bonds is 3. The molecule has 0 aromatic heterocycles. The molecule has 3 heteroatoms. The maximum Gasteiger partial charge on any atom is 0.169 e. The van der Waals surface area contributed by atoms with E-state index in [9.17, 15) is 4.79 Å². The SMILES string of the molecule is COc1c(C)cc(Br)c(C)c1C(=O)C1CCCCC1. The van der Waals surface area contributed by atoms with Gasteiger partial charge in [0, 0.05) is 10.4 Å². The van der Waals surface area contributed by atoms with E-state index in [1.54, 1.807) is 7.11 Å². The van der Waals surface area contributed by atoms with Crippen molar-refractivity contribution in [1.29, 1.82) is 0 Å². The molecule has 2 nitrogen and oxygen atoms in total. The minimum atomic E-state index is 0.176. The van der Waals surface area contributed by atoms with Crippen molar-refractivity contribution in [2.75, 3.05) is 7.11 Å². The molecule has 0 spiro atoms. The van der Waals surface area contributed by atoms with E-state index in [4.69, 9.17) is 4.74 Å². The fourth-order valence-corrected chi connectivity index (χ4v) is 3.52. The van der Waals surface area contributed by atoms with E-state index in [-0.39, 0.29) is 11.7 Å². The number of Topliss-reactive ketones (excluding diaryl/α,β-unsaturated/α-hetero) is 1. The number of aryl methyl sites for hydroxylation is 1. The highest BCUT2D eigenvalue weighted by atomic mass is 79.9. The van der Waals surface area contributed by atoms with Gasteiger partial charge in [-0.15, -0.1) is 0 Å². The Kier molecular flexibility index (Phi) is 4.67. The molecule has 1 aromatic rings. The van der Waals surface area contributed by atoms with Crippen LogP contribution < -0.4 is 4.74 Å². The Bertz CT molecular complexity index is 488. The third-order valence-corrected chi connectivity index (χ3v) is 4.91. The molecule has 2 rings (SSSR count). The number of carbonyl (C=O) groups is 1. The van der Waals surface area contributed by atoms with Crippen LogP contribution in [0.1, 0.15) is 53.6 Å².